The predicted molar refractivity (Wildman–Crippen MR) is 280 cm³/mol. The van der Waals surface area contributed by atoms with Crippen LogP contribution in [0.4, 0.5) is 0 Å². The van der Waals surface area contributed by atoms with E-state index in [4.69, 9.17) is 14.2 Å². The number of allylic oxidation sites excluding steroid dienone is 2. The average molecular weight is 918 g/mol. The van der Waals surface area contributed by atoms with E-state index in [1.807, 2.05) is 0 Å². The Labute approximate surface area is 405 Å². The molecular formula is C59H112O6. The lowest BCUT2D eigenvalue weighted by Crippen LogP contribution is -2.30. The van der Waals surface area contributed by atoms with E-state index >= 15 is 0 Å². The fourth-order valence-electron chi connectivity index (χ4n) is 8.85. The van der Waals surface area contributed by atoms with Crippen molar-refractivity contribution in [2.45, 2.75) is 335 Å². The van der Waals surface area contributed by atoms with Gasteiger partial charge in [-0.25, -0.2) is 0 Å². The standard InChI is InChI=1S/C59H112O6/c1-4-7-10-13-16-19-22-25-28-29-32-34-37-40-43-46-49-52-58(61)64-55-56(65-59(62)53-50-47-44-41-38-35-31-27-24-21-18-15-12-9-6-3)54-63-57(60)51-48-45-42-39-36-33-30-26-23-20-17-14-11-8-5-2/h27,31,56H,4-26,28-30,32-55H2,1-3H3/t56-/m1/s1. The third-order valence-electron chi connectivity index (χ3n) is 13.3. The Balaban J connectivity index is 4.32. The highest BCUT2D eigenvalue weighted by molar-refractivity contribution is 5.71. The van der Waals surface area contributed by atoms with Crippen LogP contribution in [-0.2, 0) is 28.6 Å². The number of esters is 3. The van der Waals surface area contributed by atoms with Crippen LogP contribution in [0.3, 0.4) is 0 Å². The molecule has 0 amide bonds. The Hall–Kier alpha value is -1.85. The SMILES string of the molecule is CCCCCCCCC=CCCCCCCCC(=O)O[C@H](COC(=O)CCCCCCCCCCCCCCCCC)COC(=O)CCCCCCCCCCCCCCCCCCC. The molecule has 0 radical (unpaired) electrons. The van der Waals surface area contributed by atoms with Gasteiger partial charge >= 0.3 is 17.9 Å². The lowest BCUT2D eigenvalue weighted by Gasteiger charge is -2.18. The lowest BCUT2D eigenvalue weighted by atomic mass is 10.0. The molecule has 0 heterocycles. The van der Waals surface area contributed by atoms with Crippen LogP contribution in [0.1, 0.15) is 329 Å². The van der Waals surface area contributed by atoms with Crippen molar-refractivity contribution in [3.63, 3.8) is 0 Å². The van der Waals surface area contributed by atoms with Crippen molar-refractivity contribution in [3.8, 4) is 0 Å². The fourth-order valence-corrected chi connectivity index (χ4v) is 8.85. The highest BCUT2D eigenvalue weighted by atomic mass is 16.6. The van der Waals surface area contributed by atoms with Gasteiger partial charge in [-0.3, -0.25) is 14.4 Å². The largest absolute Gasteiger partial charge is 0.462 e. The predicted octanol–water partition coefficient (Wildman–Crippen LogP) is 19.3. The van der Waals surface area contributed by atoms with E-state index in [2.05, 4.69) is 32.9 Å². The molecule has 6 heteroatoms. The van der Waals surface area contributed by atoms with Gasteiger partial charge in [0.15, 0.2) is 6.10 Å². The van der Waals surface area contributed by atoms with Gasteiger partial charge in [0.2, 0.25) is 0 Å². The molecule has 0 fully saturated rings. The normalized spacial score (nSPS) is 12.0. The first-order valence-electron chi connectivity index (χ1n) is 29.2. The molecule has 0 aliphatic rings. The molecule has 0 rings (SSSR count). The molecule has 0 spiro atoms. The third kappa shape index (κ3) is 53.0. The molecule has 0 saturated carbocycles. The Morgan fingerprint density at radius 1 is 0.292 bits per heavy atom. The van der Waals surface area contributed by atoms with Crippen LogP contribution in [0.25, 0.3) is 0 Å². The van der Waals surface area contributed by atoms with Gasteiger partial charge in [-0.2, -0.15) is 0 Å². The Bertz CT molecular complexity index is 1010. The summed E-state index contributed by atoms with van der Waals surface area (Å²) in [6, 6.07) is 0. The smallest absolute Gasteiger partial charge is 0.306 e. The molecule has 0 bridgehead atoms. The number of hydrogen-bond donors (Lipinski definition) is 0. The quantitative estimate of drug-likeness (QED) is 0.0262. The van der Waals surface area contributed by atoms with Crippen LogP contribution in [-0.4, -0.2) is 37.2 Å². The topological polar surface area (TPSA) is 78.9 Å². The first kappa shape index (κ1) is 63.1. The molecule has 384 valence electrons. The van der Waals surface area contributed by atoms with Crippen LogP contribution < -0.4 is 0 Å². The van der Waals surface area contributed by atoms with E-state index in [0.717, 1.165) is 64.2 Å². The lowest BCUT2D eigenvalue weighted by molar-refractivity contribution is -0.167. The summed E-state index contributed by atoms with van der Waals surface area (Å²) < 4.78 is 16.9. The first-order chi connectivity index (χ1) is 32.0. The van der Waals surface area contributed by atoms with E-state index in [9.17, 15) is 14.4 Å². The summed E-state index contributed by atoms with van der Waals surface area (Å²) in [6.45, 7) is 6.69. The molecule has 0 aromatic carbocycles. The Kier molecular flexibility index (Phi) is 53.2. The van der Waals surface area contributed by atoms with Gasteiger partial charge in [0.05, 0.1) is 0 Å². The molecule has 1 atom stereocenters. The number of rotatable bonds is 54. The Morgan fingerprint density at radius 2 is 0.508 bits per heavy atom. The van der Waals surface area contributed by atoms with Crippen LogP contribution in [0.15, 0.2) is 12.2 Å². The molecule has 0 aromatic heterocycles. The molecule has 0 saturated heterocycles. The maximum absolute atomic E-state index is 12.8. The molecule has 0 aliphatic heterocycles. The van der Waals surface area contributed by atoms with Crippen LogP contribution in [0, 0.1) is 0 Å². The van der Waals surface area contributed by atoms with Crippen LogP contribution in [0.2, 0.25) is 0 Å². The average Bonchev–Trinajstić information content (AvgIpc) is 3.30. The van der Waals surface area contributed by atoms with Gasteiger partial charge in [0, 0.05) is 19.3 Å². The second kappa shape index (κ2) is 54.8. The summed E-state index contributed by atoms with van der Waals surface area (Å²) in [6.07, 6.45) is 62.0. The minimum atomic E-state index is -0.768. The van der Waals surface area contributed by atoms with Gasteiger partial charge in [-0.1, -0.05) is 277 Å². The minimum absolute atomic E-state index is 0.0673. The molecule has 65 heavy (non-hydrogen) atoms. The summed E-state index contributed by atoms with van der Waals surface area (Å²) in [7, 11) is 0. The molecular weight excluding hydrogens is 805 g/mol. The Morgan fingerprint density at radius 3 is 0.769 bits per heavy atom. The summed E-state index contributed by atoms with van der Waals surface area (Å²) in [5.41, 5.74) is 0. The zero-order valence-corrected chi connectivity index (χ0v) is 44.0. The zero-order valence-electron chi connectivity index (χ0n) is 44.0. The highest BCUT2D eigenvalue weighted by Crippen LogP contribution is 2.17. The van der Waals surface area contributed by atoms with Gasteiger partial charge in [-0.15, -0.1) is 0 Å². The van der Waals surface area contributed by atoms with E-state index < -0.39 is 6.10 Å². The second-order valence-corrected chi connectivity index (χ2v) is 19.9. The maximum atomic E-state index is 12.8. The van der Waals surface area contributed by atoms with Crippen LogP contribution >= 0.6 is 0 Å². The van der Waals surface area contributed by atoms with Crippen molar-refractivity contribution in [1.82, 2.24) is 0 Å². The number of hydrogen-bond acceptors (Lipinski definition) is 6. The fraction of sp³-hybridized carbons (Fsp3) is 0.915. The first-order valence-corrected chi connectivity index (χ1v) is 29.2. The molecule has 0 unspecified atom stereocenters. The van der Waals surface area contributed by atoms with Crippen molar-refractivity contribution in [3.05, 3.63) is 12.2 Å². The second-order valence-electron chi connectivity index (χ2n) is 19.9. The summed E-state index contributed by atoms with van der Waals surface area (Å²) >= 11 is 0. The summed E-state index contributed by atoms with van der Waals surface area (Å²) in [5, 5.41) is 0. The van der Waals surface area contributed by atoms with Crippen molar-refractivity contribution >= 4 is 17.9 Å². The van der Waals surface area contributed by atoms with Gasteiger partial charge < -0.3 is 14.2 Å². The minimum Gasteiger partial charge on any atom is -0.462 e. The zero-order chi connectivity index (χ0) is 47.2. The van der Waals surface area contributed by atoms with E-state index in [1.54, 1.807) is 0 Å². The van der Waals surface area contributed by atoms with Crippen molar-refractivity contribution in [2.75, 3.05) is 13.2 Å². The monoisotopic (exact) mass is 917 g/mol. The molecule has 6 nitrogen and oxygen atoms in total. The van der Waals surface area contributed by atoms with E-state index in [1.165, 1.54) is 225 Å². The van der Waals surface area contributed by atoms with E-state index in [-0.39, 0.29) is 31.1 Å². The number of unbranched alkanes of at least 4 members (excludes halogenated alkanes) is 41. The van der Waals surface area contributed by atoms with E-state index in [0.29, 0.717) is 19.3 Å². The van der Waals surface area contributed by atoms with Crippen LogP contribution in [0.5, 0.6) is 0 Å². The summed E-state index contributed by atoms with van der Waals surface area (Å²) in [4.78, 5) is 38.1. The van der Waals surface area contributed by atoms with Gasteiger partial charge in [0.1, 0.15) is 13.2 Å². The third-order valence-corrected chi connectivity index (χ3v) is 13.3. The number of carbonyl (C=O) groups excluding carboxylic acids is 3. The molecule has 0 N–H and O–H groups in total. The van der Waals surface area contributed by atoms with Crippen molar-refractivity contribution < 1.29 is 28.6 Å². The highest BCUT2D eigenvalue weighted by Gasteiger charge is 2.19. The molecule has 0 aliphatic carbocycles. The molecule has 0 aromatic rings. The maximum Gasteiger partial charge on any atom is 0.306 e. The number of carbonyl (C=O) groups is 3. The van der Waals surface area contributed by atoms with Crippen molar-refractivity contribution in [2.24, 2.45) is 0 Å². The number of ether oxygens (including phenoxy) is 3. The van der Waals surface area contributed by atoms with Gasteiger partial charge in [0.25, 0.3) is 0 Å². The van der Waals surface area contributed by atoms with Crippen molar-refractivity contribution in [1.29, 1.82) is 0 Å². The van der Waals surface area contributed by atoms with Gasteiger partial charge in [-0.05, 0) is 44.9 Å². The summed E-state index contributed by atoms with van der Waals surface area (Å²) in [5.74, 6) is -0.850.